The Balaban J connectivity index is 1.47. The van der Waals surface area contributed by atoms with Gasteiger partial charge in [0.2, 0.25) is 11.9 Å². The summed E-state index contributed by atoms with van der Waals surface area (Å²) in [6.45, 7) is 0. The van der Waals surface area contributed by atoms with Crippen LogP contribution < -0.4 is 5.32 Å². The van der Waals surface area contributed by atoms with E-state index >= 15 is 0 Å². The average Bonchev–Trinajstić information content (AvgIpc) is 3.27. The summed E-state index contributed by atoms with van der Waals surface area (Å²) in [5.41, 5.74) is 2.11. The van der Waals surface area contributed by atoms with Crippen LogP contribution in [0.15, 0.2) is 12.5 Å². The SMILES string of the molecule is O=C(Nc1nnnn1C1CC1)C1CCc2ncncc2C1. The number of hydrogen-bond donors (Lipinski definition) is 1. The number of aromatic nitrogens is 6. The molecule has 1 fully saturated rings. The van der Waals surface area contributed by atoms with Gasteiger partial charge in [-0.25, -0.2) is 14.6 Å². The van der Waals surface area contributed by atoms with E-state index < -0.39 is 0 Å². The first-order valence-corrected chi connectivity index (χ1v) is 7.18. The molecule has 2 aromatic heterocycles. The third-order valence-electron chi connectivity index (χ3n) is 4.07. The summed E-state index contributed by atoms with van der Waals surface area (Å²) < 4.78 is 1.71. The minimum Gasteiger partial charge on any atom is -0.293 e. The summed E-state index contributed by atoms with van der Waals surface area (Å²) >= 11 is 0. The summed E-state index contributed by atoms with van der Waals surface area (Å²) in [4.78, 5) is 20.7. The second-order valence-electron chi connectivity index (χ2n) is 5.60. The zero-order chi connectivity index (χ0) is 14.2. The van der Waals surface area contributed by atoms with E-state index in [1.807, 2.05) is 0 Å². The van der Waals surface area contributed by atoms with E-state index in [1.165, 1.54) is 0 Å². The molecule has 108 valence electrons. The maximum atomic E-state index is 12.4. The lowest BCUT2D eigenvalue weighted by molar-refractivity contribution is -0.120. The van der Waals surface area contributed by atoms with Crippen LogP contribution in [-0.2, 0) is 17.6 Å². The van der Waals surface area contributed by atoms with Crippen LogP contribution in [0.2, 0.25) is 0 Å². The van der Waals surface area contributed by atoms with Crippen molar-refractivity contribution >= 4 is 11.9 Å². The van der Waals surface area contributed by atoms with Crippen molar-refractivity contribution in [2.45, 2.75) is 38.1 Å². The van der Waals surface area contributed by atoms with Gasteiger partial charge < -0.3 is 0 Å². The lowest BCUT2D eigenvalue weighted by atomic mass is 9.87. The smallest absolute Gasteiger partial charge is 0.249 e. The van der Waals surface area contributed by atoms with Crippen LogP contribution in [0.1, 0.15) is 36.6 Å². The van der Waals surface area contributed by atoms with Gasteiger partial charge >= 0.3 is 0 Å². The maximum absolute atomic E-state index is 12.4. The fourth-order valence-corrected chi connectivity index (χ4v) is 2.73. The molecule has 0 radical (unpaired) electrons. The largest absolute Gasteiger partial charge is 0.293 e. The Morgan fingerprint density at radius 2 is 2.24 bits per heavy atom. The highest BCUT2D eigenvalue weighted by Gasteiger charge is 2.30. The van der Waals surface area contributed by atoms with Gasteiger partial charge in [-0.05, 0) is 48.1 Å². The standard InChI is InChI=1S/C13H15N7O/c21-12(16-13-17-18-19-20(13)10-2-3-10)8-1-4-11-9(5-8)6-14-7-15-11/h6-8,10H,1-5H2,(H,16,17,19,21). The van der Waals surface area contributed by atoms with E-state index in [0.717, 1.165) is 36.9 Å². The van der Waals surface area contributed by atoms with Crippen LogP contribution in [-0.4, -0.2) is 36.1 Å². The molecule has 4 rings (SSSR count). The van der Waals surface area contributed by atoms with Crippen LogP contribution in [0.5, 0.6) is 0 Å². The third kappa shape index (κ3) is 2.37. The van der Waals surface area contributed by atoms with Gasteiger partial charge in [-0.1, -0.05) is 5.10 Å². The lowest BCUT2D eigenvalue weighted by Gasteiger charge is -2.22. The van der Waals surface area contributed by atoms with Gasteiger partial charge in [0.05, 0.1) is 6.04 Å². The van der Waals surface area contributed by atoms with E-state index in [0.29, 0.717) is 18.4 Å². The van der Waals surface area contributed by atoms with E-state index in [2.05, 4.69) is 30.8 Å². The summed E-state index contributed by atoms with van der Waals surface area (Å²) in [6, 6.07) is 0.343. The van der Waals surface area contributed by atoms with Crippen LogP contribution in [0.4, 0.5) is 5.95 Å². The fourth-order valence-electron chi connectivity index (χ4n) is 2.73. The number of hydrogen-bond acceptors (Lipinski definition) is 6. The molecule has 1 amide bonds. The van der Waals surface area contributed by atoms with Gasteiger partial charge in [0, 0.05) is 17.8 Å². The first-order chi connectivity index (χ1) is 10.3. The van der Waals surface area contributed by atoms with Gasteiger partial charge in [0.1, 0.15) is 6.33 Å². The van der Waals surface area contributed by atoms with E-state index in [9.17, 15) is 4.79 Å². The fraction of sp³-hybridized carbons (Fsp3) is 0.538. The van der Waals surface area contributed by atoms with Gasteiger partial charge in [-0.15, -0.1) is 0 Å². The lowest BCUT2D eigenvalue weighted by Crippen LogP contribution is -2.29. The van der Waals surface area contributed by atoms with E-state index in [-0.39, 0.29) is 11.8 Å². The zero-order valence-corrected chi connectivity index (χ0v) is 11.4. The van der Waals surface area contributed by atoms with E-state index in [4.69, 9.17) is 0 Å². The molecule has 1 atom stereocenters. The number of carbonyl (C=O) groups is 1. The predicted octanol–water partition coefficient (Wildman–Crippen LogP) is 0.542. The molecule has 2 heterocycles. The Labute approximate surface area is 121 Å². The maximum Gasteiger partial charge on any atom is 0.249 e. The molecule has 8 heteroatoms. The molecule has 2 aliphatic carbocycles. The zero-order valence-electron chi connectivity index (χ0n) is 11.4. The highest BCUT2D eigenvalue weighted by Crippen LogP contribution is 2.35. The molecule has 0 aliphatic heterocycles. The minimum absolute atomic E-state index is 0.0267. The summed E-state index contributed by atoms with van der Waals surface area (Å²) in [5, 5.41) is 14.3. The monoisotopic (exact) mass is 285 g/mol. The average molecular weight is 285 g/mol. The van der Waals surface area contributed by atoms with Gasteiger partial charge in [-0.3, -0.25) is 10.1 Å². The van der Waals surface area contributed by atoms with Crippen molar-refractivity contribution < 1.29 is 4.79 Å². The van der Waals surface area contributed by atoms with Crippen LogP contribution in [0, 0.1) is 5.92 Å². The van der Waals surface area contributed by atoms with Gasteiger partial charge in [-0.2, -0.15) is 0 Å². The molecule has 0 saturated heterocycles. The van der Waals surface area contributed by atoms with Crippen LogP contribution in [0.25, 0.3) is 0 Å². The van der Waals surface area contributed by atoms with Crippen molar-refractivity contribution in [3.05, 3.63) is 23.8 Å². The Morgan fingerprint density at radius 1 is 1.33 bits per heavy atom. The van der Waals surface area contributed by atoms with Crippen molar-refractivity contribution in [3.8, 4) is 0 Å². The van der Waals surface area contributed by atoms with E-state index in [1.54, 1.807) is 17.2 Å². The first kappa shape index (κ1) is 12.4. The number of fused-ring (bicyclic) bond motifs is 1. The number of anilines is 1. The summed E-state index contributed by atoms with van der Waals surface area (Å²) in [6.07, 6.45) is 7.78. The molecule has 21 heavy (non-hydrogen) atoms. The highest BCUT2D eigenvalue weighted by atomic mass is 16.2. The Hall–Kier alpha value is -2.38. The molecular formula is C13H15N7O. The second kappa shape index (κ2) is 4.87. The quantitative estimate of drug-likeness (QED) is 0.883. The molecule has 1 unspecified atom stereocenters. The number of nitrogens with zero attached hydrogens (tertiary/aromatic N) is 6. The summed E-state index contributed by atoms with van der Waals surface area (Å²) in [7, 11) is 0. The number of nitrogens with one attached hydrogen (secondary N) is 1. The molecule has 1 saturated carbocycles. The summed E-state index contributed by atoms with van der Waals surface area (Å²) in [5.74, 6) is 0.353. The third-order valence-corrected chi connectivity index (χ3v) is 4.07. The topological polar surface area (TPSA) is 98.5 Å². The van der Waals surface area contributed by atoms with Crippen LogP contribution >= 0.6 is 0 Å². The normalized spacial score (nSPS) is 20.9. The van der Waals surface area contributed by atoms with Gasteiger partial charge in [0.15, 0.2) is 0 Å². The predicted molar refractivity (Wildman–Crippen MR) is 72.3 cm³/mol. The first-order valence-electron chi connectivity index (χ1n) is 7.18. The number of aryl methyl sites for hydroxylation is 1. The van der Waals surface area contributed by atoms with Crippen molar-refractivity contribution in [1.29, 1.82) is 0 Å². The Kier molecular flexibility index (Phi) is 2.87. The van der Waals surface area contributed by atoms with Crippen molar-refractivity contribution in [3.63, 3.8) is 0 Å². The molecule has 0 aromatic carbocycles. The molecule has 1 N–H and O–H groups in total. The molecule has 0 spiro atoms. The van der Waals surface area contributed by atoms with Crippen LogP contribution in [0.3, 0.4) is 0 Å². The molecular weight excluding hydrogens is 270 g/mol. The van der Waals surface area contributed by atoms with Crippen molar-refractivity contribution in [2.75, 3.05) is 5.32 Å². The molecule has 2 aromatic rings. The van der Waals surface area contributed by atoms with Gasteiger partial charge in [0.25, 0.3) is 0 Å². The minimum atomic E-state index is -0.0761. The molecule has 0 bridgehead atoms. The molecule has 8 nitrogen and oxygen atoms in total. The Bertz CT molecular complexity index is 679. The number of rotatable bonds is 3. The van der Waals surface area contributed by atoms with Crippen molar-refractivity contribution in [2.24, 2.45) is 5.92 Å². The number of carbonyl (C=O) groups excluding carboxylic acids is 1. The Morgan fingerprint density at radius 3 is 3.10 bits per heavy atom. The highest BCUT2D eigenvalue weighted by molar-refractivity contribution is 5.91. The van der Waals surface area contributed by atoms with Crippen molar-refractivity contribution in [1.82, 2.24) is 30.2 Å². The second-order valence-corrected chi connectivity index (χ2v) is 5.60. The molecule has 2 aliphatic rings. The number of tetrazole rings is 1. The number of amides is 1.